The van der Waals surface area contributed by atoms with Crippen molar-refractivity contribution < 1.29 is 23.0 Å². The highest BCUT2D eigenvalue weighted by molar-refractivity contribution is 5.51. The van der Waals surface area contributed by atoms with E-state index in [4.69, 9.17) is 9.84 Å². The monoisotopic (exact) mass is 390 g/mol. The van der Waals surface area contributed by atoms with Gasteiger partial charge in [-0.05, 0) is 62.1 Å². The Morgan fingerprint density at radius 1 is 1.04 bits per heavy atom. The first-order valence-electron chi connectivity index (χ1n) is 9.71. The van der Waals surface area contributed by atoms with Gasteiger partial charge in [0.2, 0.25) is 0 Å². The van der Waals surface area contributed by atoms with Gasteiger partial charge in [0.05, 0.1) is 13.2 Å². The minimum atomic E-state index is -0.995. The average Bonchev–Trinajstić information content (AvgIpc) is 2.71. The molecule has 5 heteroatoms. The molecule has 2 aromatic rings. The summed E-state index contributed by atoms with van der Waals surface area (Å²) in [6.07, 6.45) is 7.20. The third kappa shape index (κ3) is 4.58. The molecule has 2 aromatic carbocycles. The van der Waals surface area contributed by atoms with Crippen LogP contribution in [0.5, 0.6) is 5.75 Å². The van der Waals surface area contributed by atoms with Crippen molar-refractivity contribution in [3.63, 3.8) is 0 Å². The van der Waals surface area contributed by atoms with Gasteiger partial charge < -0.3 is 9.84 Å². The molecule has 1 aliphatic rings. The molecule has 0 atom stereocenters. The van der Waals surface area contributed by atoms with E-state index in [2.05, 4.69) is 0 Å². The molecule has 1 fully saturated rings. The first-order valence-corrected chi connectivity index (χ1v) is 9.71. The fourth-order valence-corrected chi connectivity index (χ4v) is 3.78. The number of halogens is 3. The maximum absolute atomic E-state index is 14.1. The Balaban J connectivity index is 1.61. The number of aliphatic hydroxyl groups excluding tert-OH is 1. The van der Waals surface area contributed by atoms with Crippen LogP contribution in [0.25, 0.3) is 6.08 Å². The van der Waals surface area contributed by atoms with E-state index in [0.717, 1.165) is 31.2 Å². The summed E-state index contributed by atoms with van der Waals surface area (Å²) < 4.78 is 47.1. The Morgan fingerprint density at radius 3 is 2.43 bits per heavy atom. The predicted octanol–water partition coefficient (Wildman–Crippen LogP) is 5.98. The van der Waals surface area contributed by atoms with Crippen LogP contribution in [0.2, 0.25) is 0 Å². The molecule has 0 unspecified atom stereocenters. The van der Waals surface area contributed by atoms with Crippen LogP contribution in [-0.2, 0) is 6.61 Å². The zero-order valence-electron chi connectivity index (χ0n) is 15.9. The first kappa shape index (κ1) is 20.5. The first-order chi connectivity index (χ1) is 13.5. The topological polar surface area (TPSA) is 29.5 Å². The number of hydrogen-bond donors (Lipinski definition) is 1. The summed E-state index contributed by atoms with van der Waals surface area (Å²) in [5, 5.41) is 8.99. The Hall–Kier alpha value is -2.27. The van der Waals surface area contributed by atoms with Crippen molar-refractivity contribution in [2.45, 2.75) is 45.1 Å². The SMILES string of the molecule is CCOc1ccc(C2CCC(C=Cc3ccc(CO)c(F)c3F)CC2)cc1F. The van der Waals surface area contributed by atoms with Crippen LogP contribution in [0.3, 0.4) is 0 Å². The Kier molecular flexibility index (Phi) is 6.79. The highest BCUT2D eigenvalue weighted by atomic mass is 19.2. The molecule has 0 radical (unpaired) electrons. The Morgan fingerprint density at radius 2 is 1.79 bits per heavy atom. The fourth-order valence-electron chi connectivity index (χ4n) is 3.78. The summed E-state index contributed by atoms with van der Waals surface area (Å²) in [7, 11) is 0. The van der Waals surface area contributed by atoms with E-state index in [1.165, 1.54) is 12.1 Å². The van der Waals surface area contributed by atoms with Gasteiger partial charge >= 0.3 is 0 Å². The van der Waals surface area contributed by atoms with Gasteiger partial charge in [0, 0.05) is 11.1 Å². The summed E-state index contributed by atoms with van der Waals surface area (Å²) in [6, 6.07) is 8.06. The van der Waals surface area contributed by atoms with Crippen molar-refractivity contribution in [1.82, 2.24) is 0 Å². The van der Waals surface area contributed by atoms with Gasteiger partial charge in [-0.25, -0.2) is 13.2 Å². The second-order valence-electron chi connectivity index (χ2n) is 7.19. The van der Waals surface area contributed by atoms with Crippen LogP contribution in [0.15, 0.2) is 36.4 Å². The molecule has 0 amide bonds. The number of benzene rings is 2. The third-order valence-electron chi connectivity index (χ3n) is 5.41. The molecule has 1 aliphatic carbocycles. The highest BCUT2D eigenvalue weighted by Crippen LogP contribution is 2.37. The molecule has 1 N–H and O–H groups in total. The van der Waals surface area contributed by atoms with Crippen molar-refractivity contribution in [2.75, 3.05) is 6.61 Å². The lowest BCUT2D eigenvalue weighted by Gasteiger charge is -2.27. The quantitative estimate of drug-likeness (QED) is 0.657. The predicted molar refractivity (Wildman–Crippen MR) is 104 cm³/mol. The van der Waals surface area contributed by atoms with Crippen LogP contribution in [0, 0.1) is 23.4 Å². The zero-order chi connectivity index (χ0) is 20.1. The lowest BCUT2D eigenvalue weighted by Crippen LogP contribution is -2.12. The summed E-state index contributed by atoms with van der Waals surface area (Å²) in [5.41, 5.74) is 1.12. The zero-order valence-corrected chi connectivity index (χ0v) is 15.9. The van der Waals surface area contributed by atoms with Crippen LogP contribution < -0.4 is 4.74 Å². The van der Waals surface area contributed by atoms with Crippen LogP contribution >= 0.6 is 0 Å². The van der Waals surface area contributed by atoms with E-state index >= 15 is 0 Å². The molecule has 0 spiro atoms. The molecular weight excluding hydrogens is 365 g/mol. The average molecular weight is 390 g/mol. The minimum Gasteiger partial charge on any atom is -0.491 e. The molecule has 3 rings (SSSR count). The molecule has 2 nitrogen and oxygen atoms in total. The Labute approximate surface area is 163 Å². The van der Waals surface area contributed by atoms with Gasteiger partial charge in [0.1, 0.15) is 0 Å². The van der Waals surface area contributed by atoms with E-state index in [-0.39, 0.29) is 28.6 Å². The lowest BCUT2D eigenvalue weighted by atomic mass is 9.78. The summed E-state index contributed by atoms with van der Waals surface area (Å²) in [6.45, 7) is 1.73. The maximum Gasteiger partial charge on any atom is 0.166 e. The molecule has 0 aliphatic heterocycles. The molecule has 1 saturated carbocycles. The van der Waals surface area contributed by atoms with Gasteiger partial charge in [-0.1, -0.05) is 30.4 Å². The number of hydrogen-bond acceptors (Lipinski definition) is 2. The van der Waals surface area contributed by atoms with Crippen molar-refractivity contribution in [1.29, 1.82) is 0 Å². The lowest BCUT2D eigenvalue weighted by molar-refractivity contribution is 0.273. The number of aliphatic hydroxyl groups is 1. The fraction of sp³-hybridized carbons (Fsp3) is 0.391. The van der Waals surface area contributed by atoms with E-state index in [1.807, 2.05) is 19.1 Å². The van der Waals surface area contributed by atoms with Gasteiger partial charge in [0.15, 0.2) is 23.2 Å². The minimum absolute atomic E-state index is 0.0438. The standard InChI is InChI=1S/C23H25F3O2/c1-2-28-21-12-11-18(13-20(21)24)16-6-3-15(4-7-16)5-8-17-9-10-19(14-27)23(26)22(17)25/h5,8-13,15-16,27H,2-4,6-7,14H2,1H3. The molecule has 150 valence electrons. The van der Waals surface area contributed by atoms with E-state index in [0.29, 0.717) is 12.5 Å². The van der Waals surface area contributed by atoms with E-state index in [9.17, 15) is 13.2 Å². The van der Waals surface area contributed by atoms with Crippen molar-refractivity contribution in [3.8, 4) is 5.75 Å². The molecule has 0 bridgehead atoms. The second kappa shape index (κ2) is 9.28. The summed E-state index contributed by atoms with van der Waals surface area (Å²) in [5.74, 6) is -1.39. The molecule has 28 heavy (non-hydrogen) atoms. The molecule has 0 aromatic heterocycles. The van der Waals surface area contributed by atoms with Gasteiger partial charge in [-0.15, -0.1) is 0 Å². The summed E-state index contributed by atoms with van der Waals surface area (Å²) in [4.78, 5) is 0. The highest BCUT2D eigenvalue weighted by Gasteiger charge is 2.22. The van der Waals surface area contributed by atoms with Gasteiger partial charge in [0.25, 0.3) is 0 Å². The second-order valence-corrected chi connectivity index (χ2v) is 7.19. The van der Waals surface area contributed by atoms with E-state index < -0.39 is 18.2 Å². The number of ether oxygens (including phenoxy) is 1. The number of allylic oxidation sites excluding steroid dienone is 1. The smallest absolute Gasteiger partial charge is 0.166 e. The van der Waals surface area contributed by atoms with Crippen molar-refractivity contribution in [2.24, 2.45) is 5.92 Å². The van der Waals surface area contributed by atoms with Crippen molar-refractivity contribution >= 4 is 6.08 Å². The van der Waals surface area contributed by atoms with Gasteiger partial charge in [-0.3, -0.25) is 0 Å². The van der Waals surface area contributed by atoms with E-state index in [1.54, 1.807) is 18.2 Å². The summed E-state index contributed by atoms with van der Waals surface area (Å²) >= 11 is 0. The molecule has 0 heterocycles. The van der Waals surface area contributed by atoms with Crippen LogP contribution in [-0.4, -0.2) is 11.7 Å². The molecular formula is C23H25F3O2. The number of rotatable bonds is 6. The largest absolute Gasteiger partial charge is 0.491 e. The Bertz CT molecular complexity index is 840. The van der Waals surface area contributed by atoms with Crippen LogP contribution in [0.1, 0.15) is 55.2 Å². The molecule has 0 saturated heterocycles. The third-order valence-corrected chi connectivity index (χ3v) is 5.41. The van der Waals surface area contributed by atoms with Crippen molar-refractivity contribution in [3.05, 3.63) is 70.5 Å². The van der Waals surface area contributed by atoms with Crippen LogP contribution in [0.4, 0.5) is 13.2 Å². The normalized spacial score (nSPS) is 19.9. The maximum atomic E-state index is 14.1. The van der Waals surface area contributed by atoms with Gasteiger partial charge in [-0.2, -0.15) is 0 Å².